The number of sulfonamides is 1. The third-order valence-corrected chi connectivity index (χ3v) is 4.83. The number of benzene rings is 1. The van der Waals surface area contributed by atoms with Crippen molar-refractivity contribution in [3.8, 4) is 5.75 Å². The highest BCUT2D eigenvalue weighted by molar-refractivity contribution is 7.89. The third-order valence-electron chi connectivity index (χ3n) is 3.37. The van der Waals surface area contributed by atoms with Crippen LogP contribution in [0.25, 0.3) is 0 Å². The molecule has 0 saturated heterocycles. The molecule has 1 atom stereocenters. The van der Waals surface area contributed by atoms with Crippen molar-refractivity contribution in [1.29, 1.82) is 0 Å². The first kappa shape index (κ1) is 21.9. The van der Waals surface area contributed by atoms with Crippen molar-refractivity contribution < 1.29 is 32.6 Å². The maximum absolute atomic E-state index is 12.5. The molecule has 1 amide bonds. The van der Waals surface area contributed by atoms with Crippen molar-refractivity contribution in [2.75, 3.05) is 26.9 Å². The van der Waals surface area contributed by atoms with Gasteiger partial charge in [-0.05, 0) is 30.2 Å². The number of nitrogens with one attached hydrogen (secondary N) is 2. The van der Waals surface area contributed by atoms with Gasteiger partial charge in [-0.25, -0.2) is 13.2 Å². The number of ether oxygens (including phenoxy) is 2. The van der Waals surface area contributed by atoms with Gasteiger partial charge in [0, 0.05) is 6.54 Å². The third kappa shape index (κ3) is 6.98. The molecule has 0 saturated carbocycles. The minimum atomic E-state index is -3.90. The van der Waals surface area contributed by atoms with Crippen molar-refractivity contribution in [3.63, 3.8) is 0 Å². The van der Waals surface area contributed by atoms with Gasteiger partial charge in [0.15, 0.2) is 0 Å². The zero-order valence-corrected chi connectivity index (χ0v) is 15.7. The average molecular weight is 388 g/mol. The summed E-state index contributed by atoms with van der Waals surface area (Å²) >= 11 is 0. The number of amides is 1. The lowest BCUT2D eigenvalue weighted by molar-refractivity contribution is -0.142. The van der Waals surface area contributed by atoms with Crippen molar-refractivity contribution in [2.24, 2.45) is 5.92 Å². The molecule has 1 aromatic rings. The molecule has 0 aromatic heterocycles. The lowest BCUT2D eigenvalue weighted by atomic mass is 10.1. The zero-order valence-electron chi connectivity index (χ0n) is 14.9. The molecule has 0 heterocycles. The van der Waals surface area contributed by atoms with Crippen molar-refractivity contribution in [1.82, 2.24) is 10.0 Å². The van der Waals surface area contributed by atoms with Gasteiger partial charge in [0.1, 0.15) is 18.4 Å². The van der Waals surface area contributed by atoms with Gasteiger partial charge in [0.05, 0.1) is 18.6 Å². The highest BCUT2D eigenvalue weighted by Crippen LogP contribution is 2.16. The van der Waals surface area contributed by atoms with Gasteiger partial charge >= 0.3 is 5.97 Å². The lowest BCUT2D eigenvalue weighted by Crippen LogP contribution is -2.50. The van der Waals surface area contributed by atoms with Gasteiger partial charge in [-0.2, -0.15) is 4.72 Å². The fourth-order valence-corrected chi connectivity index (χ4v) is 3.34. The minimum Gasteiger partial charge on any atom is -0.497 e. The Morgan fingerprint density at radius 3 is 2.31 bits per heavy atom. The van der Waals surface area contributed by atoms with E-state index in [-0.39, 0.29) is 24.0 Å². The number of methoxy groups -OCH3 is 1. The number of carboxylic acids is 1. The van der Waals surface area contributed by atoms with Gasteiger partial charge in [0.25, 0.3) is 0 Å². The topological polar surface area (TPSA) is 131 Å². The summed E-state index contributed by atoms with van der Waals surface area (Å²) < 4.78 is 37.2. The Kier molecular flexibility index (Phi) is 8.49. The summed E-state index contributed by atoms with van der Waals surface area (Å²) in [5.41, 5.74) is 0. The first-order valence-electron chi connectivity index (χ1n) is 7.91. The molecule has 0 aliphatic carbocycles. The predicted molar refractivity (Wildman–Crippen MR) is 93.4 cm³/mol. The quantitative estimate of drug-likeness (QED) is 0.462. The first-order valence-corrected chi connectivity index (χ1v) is 9.39. The highest BCUT2D eigenvalue weighted by atomic mass is 32.2. The van der Waals surface area contributed by atoms with Crippen LogP contribution in [0.2, 0.25) is 0 Å². The van der Waals surface area contributed by atoms with Crippen LogP contribution in [0.15, 0.2) is 29.2 Å². The van der Waals surface area contributed by atoms with Crippen molar-refractivity contribution >= 4 is 21.9 Å². The Hall–Kier alpha value is -2.17. The van der Waals surface area contributed by atoms with Gasteiger partial charge in [0.2, 0.25) is 15.9 Å². The van der Waals surface area contributed by atoms with E-state index in [9.17, 15) is 18.0 Å². The van der Waals surface area contributed by atoms with Gasteiger partial charge in [-0.15, -0.1) is 0 Å². The lowest BCUT2D eigenvalue weighted by Gasteiger charge is -2.21. The summed E-state index contributed by atoms with van der Waals surface area (Å²) in [4.78, 5) is 22.6. The van der Waals surface area contributed by atoms with E-state index >= 15 is 0 Å². The molecule has 1 unspecified atom stereocenters. The van der Waals surface area contributed by atoms with Crippen LogP contribution in [0, 0.1) is 5.92 Å². The summed E-state index contributed by atoms with van der Waals surface area (Å²) in [7, 11) is -2.42. The number of aliphatic carboxylic acids is 1. The summed E-state index contributed by atoms with van der Waals surface area (Å²) in [5, 5.41) is 11.0. The van der Waals surface area contributed by atoms with E-state index in [4.69, 9.17) is 14.6 Å². The normalized spacial score (nSPS) is 12.6. The molecule has 10 heteroatoms. The van der Waals surface area contributed by atoms with Crippen LogP contribution in [-0.2, 0) is 24.3 Å². The maximum Gasteiger partial charge on any atom is 0.329 e. The average Bonchev–Trinajstić information content (AvgIpc) is 2.58. The molecule has 0 radical (unpaired) electrons. The van der Waals surface area contributed by atoms with E-state index in [1.807, 2.05) is 0 Å². The van der Waals surface area contributed by atoms with E-state index in [1.165, 1.54) is 31.4 Å². The number of hydrogen-bond donors (Lipinski definition) is 3. The van der Waals surface area contributed by atoms with E-state index in [1.54, 1.807) is 13.8 Å². The molecule has 0 spiro atoms. The van der Waals surface area contributed by atoms with Crippen molar-refractivity contribution in [3.05, 3.63) is 24.3 Å². The summed E-state index contributed by atoms with van der Waals surface area (Å²) in [5.74, 6) is -1.41. The van der Waals surface area contributed by atoms with E-state index < -0.39 is 34.5 Å². The number of carbonyl (C=O) groups excluding carboxylic acids is 1. The highest BCUT2D eigenvalue weighted by Gasteiger charge is 2.28. The van der Waals surface area contributed by atoms with Crippen LogP contribution in [0.3, 0.4) is 0 Å². The van der Waals surface area contributed by atoms with Crippen LogP contribution in [-0.4, -0.2) is 58.3 Å². The SMILES string of the molecule is COc1ccc(S(=O)(=O)NC(C(=O)NCCOCC(=O)O)C(C)C)cc1. The molecular weight excluding hydrogens is 364 g/mol. The molecule has 26 heavy (non-hydrogen) atoms. The zero-order chi connectivity index (χ0) is 19.7. The molecule has 0 aliphatic heterocycles. The molecule has 146 valence electrons. The van der Waals surface area contributed by atoms with Crippen molar-refractivity contribution in [2.45, 2.75) is 24.8 Å². The van der Waals surface area contributed by atoms with Gasteiger partial charge in [-0.1, -0.05) is 13.8 Å². The second-order valence-electron chi connectivity index (χ2n) is 5.76. The van der Waals surface area contributed by atoms with Crippen LogP contribution in [0.5, 0.6) is 5.75 Å². The van der Waals surface area contributed by atoms with Crippen LogP contribution < -0.4 is 14.8 Å². The smallest absolute Gasteiger partial charge is 0.329 e. The summed E-state index contributed by atoms with van der Waals surface area (Å²) in [6.07, 6.45) is 0. The number of carbonyl (C=O) groups is 2. The molecule has 3 N–H and O–H groups in total. The number of rotatable bonds is 11. The van der Waals surface area contributed by atoms with E-state index in [0.717, 1.165) is 0 Å². The van der Waals surface area contributed by atoms with E-state index in [2.05, 4.69) is 10.0 Å². The Morgan fingerprint density at radius 2 is 1.81 bits per heavy atom. The van der Waals surface area contributed by atoms with E-state index in [0.29, 0.717) is 5.75 Å². The minimum absolute atomic E-state index is 0.00802. The largest absolute Gasteiger partial charge is 0.497 e. The molecule has 1 rings (SSSR count). The fourth-order valence-electron chi connectivity index (χ4n) is 2.00. The molecule has 1 aromatic carbocycles. The predicted octanol–water partition coefficient (Wildman–Crippen LogP) is 0.216. The molecule has 0 aliphatic rings. The Morgan fingerprint density at radius 1 is 1.19 bits per heavy atom. The Labute approximate surface area is 152 Å². The number of carboxylic acid groups (broad SMARTS) is 1. The molecule has 9 nitrogen and oxygen atoms in total. The second kappa shape index (κ2) is 10.1. The first-order chi connectivity index (χ1) is 12.2. The number of hydrogen-bond acceptors (Lipinski definition) is 6. The van der Waals surface area contributed by atoms with Crippen LogP contribution in [0.1, 0.15) is 13.8 Å². The fraction of sp³-hybridized carbons (Fsp3) is 0.500. The van der Waals surface area contributed by atoms with Gasteiger partial charge in [-0.3, -0.25) is 4.79 Å². The molecule has 0 fully saturated rings. The maximum atomic E-state index is 12.5. The summed E-state index contributed by atoms with van der Waals surface area (Å²) in [6.45, 7) is 3.03. The monoisotopic (exact) mass is 388 g/mol. The molecule has 0 bridgehead atoms. The Bertz CT molecular complexity index is 702. The summed E-state index contributed by atoms with van der Waals surface area (Å²) in [6, 6.07) is 4.81. The standard InChI is InChI=1S/C16H24N2O7S/c1-11(2)15(16(21)17-8-9-25-10-14(19)20)18-26(22,23)13-6-4-12(24-3)5-7-13/h4-7,11,15,18H,8-10H2,1-3H3,(H,17,21)(H,19,20). The van der Waals surface area contributed by atoms with Crippen LogP contribution in [0.4, 0.5) is 0 Å². The van der Waals surface area contributed by atoms with Crippen LogP contribution >= 0.6 is 0 Å². The van der Waals surface area contributed by atoms with Gasteiger partial charge < -0.3 is 19.9 Å². The molecular formula is C16H24N2O7S. The Balaban J connectivity index is 2.70. The second-order valence-corrected chi connectivity index (χ2v) is 7.47.